The van der Waals surface area contributed by atoms with Crippen molar-refractivity contribution in [1.29, 1.82) is 0 Å². The molecule has 0 saturated heterocycles. The lowest BCUT2D eigenvalue weighted by atomic mass is 10.1. The average Bonchev–Trinajstić information content (AvgIpc) is 4.31. The summed E-state index contributed by atoms with van der Waals surface area (Å²) in [7, 11) is 1.09. The lowest BCUT2D eigenvalue weighted by Crippen LogP contribution is -2.37. The summed E-state index contributed by atoms with van der Waals surface area (Å²) in [6, 6.07) is 11.5. The Hall–Kier alpha value is -8.02. The zero-order chi connectivity index (χ0) is 56.5. The molecule has 0 radical (unpaired) electrons. The summed E-state index contributed by atoms with van der Waals surface area (Å²) >= 11 is 20.8. The number of benzene rings is 3. The molecule has 0 fully saturated rings. The lowest BCUT2D eigenvalue weighted by Gasteiger charge is -2.05. The van der Waals surface area contributed by atoms with Crippen LogP contribution in [0.25, 0.3) is 34.4 Å². The van der Waals surface area contributed by atoms with Crippen LogP contribution in [0.5, 0.6) is 0 Å². The molecule has 5 aromatic heterocycles. The first-order chi connectivity index (χ1) is 37.4. The van der Waals surface area contributed by atoms with Crippen LogP contribution < -0.4 is 33.6 Å². The third-order valence-electron chi connectivity index (χ3n) is 9.28. The first-order valence-corrected chi connectivity index (χ1v) is 25.3. The van der Waals surface area contributed by atoms with E-state index in [4.69, 9.17) is 55.5 Å². The van der Waals surface area contributed by atoms with Gasteiger partial charge in [-0.3, -0.25) is 23.4 Å². The summed E-state index contributed by atoms with van der Waals surface area (Å²) in [5.41, 5.74) is 12.0. The van der Waals surface area contributed by atoms with E-state index < -0.39 is 52.7 Å². The van der Waals surface area contributed by atoms with Crippen molar-refractivity contribution in [1.82, 2.24) is 61.0 Å². The average molecular weight is 1200 g/mol. The Morgan fingerprint density at radius 2 is 1.13 bits per heavy atom. The number of esters is 1. The molecule has 0 aliphatic rings. The maximum Gasteiger partial charge on any atom is 0.446 e. The Balaban J connectivity index is 0.000000190. The van der Waals surface area contributed by atoms with E-state index in [2.05, 4.69) is 75.5 Å². The predicted octanol–water partition coefficient (Wildman–Crippen LogP) is 3.74. The van der Waals surface area contributed by atoms with Gasteiger partial charge in [0.1, 0.15) is 23.2 Å². The Labute approximate surface area is 459 Å². The summed E-state index contributed by atoms with van der Waals surface area (Å²) in [5, 5.41) is 47.4. The number of rotatable bonds is 18. The number of nitrogens with one attached hydrogen (secondary N) is 2. The molecule has 0 spiro atoms. The Morgan fingerprint density at radius 1 is 0.667 bits per heavy atom. The number of primary amides is 1. The fourth-order valence-corrected chi connectivity index (χ4v) is 8.56. The van der Waals surface area contributed by atoms with Crippen molar-refractivity contribution >= 4 is 99.5 Å². The minimum atomic E-state index is -1.08. The number of halogens is 6. The Kier molecular flexibility index (Phi) is 21.6. The van der Waals surface area contributed by atoms with Gasteiger partial charge in [0.05, 0.1) is 33.6 Å². The summed E-state index contributed by atoms with van der Waals surface area (Å²) < 4.78 is 69.8. The monoisotopic (exact) mass is 1200 g/mol. The molecule has 8 aromatic rings. The smallest absolute Gasteiger partial charge is 0.446 e. The number of oxime groups is 1. The minimum absolute atomic E-state index is 0.0416. The highest BCUT2D eigenvalue weighted by Crippen LogP contribution is 2.31. The second kappa shape index (κ2) is 28.4. The van der Waals surface area contributed by atoms with Crippen LogP contribution in [0, 0.1) is 17.5 Å². The van der Waals surface area contributed by atoms with Gasteiger partial charge in [-0.15, -0.1) is 0 Å². The van der Waals surface area contributed by atoms with E-state index in [9.17, 15) is 47.1 Å². The minimum Gasteiger partial charge on any atom is -0.462 e. The summed E-state index contributed by atoms with van der Waals surface area (Å²) in [6.07, 6.45) is 0.108. The fourth-order valence-electron chi connectivity index (χ4n) is 5.82. The highest BCUT2D eigenvalue weighted by Gasteiger charge is 2.26. The van der Waals surface area contributed by atoms with Gasteiger partial charge in [0.2, 0.25) is 11.6 Å². The van der Waals surface area contributed by atoms with Gasteiger partial charge in [-0.25, -0.2) is 50.6 Å². The van der Waals surface area contributed by atoms with Gasteiger partial charge in [-0.05, 0) is 85.0 Å². The lowest BCUT2D eigenvalue weighted by molar-refractivity contribution is -0.152. The van der Waals surface area contributed by atoms with Crippen LogP contribution in [-0.4, -0.2) is 129 Å². The molecule has 5 heterocycles. The van der Waals surface area contributed by atoms with Gasteiger partial charge < -0.3 is 32.0 Å². The van der Waals surface area contributed by atoms with Gasteiger partial charge in [0.25, 0.3) is 0 Å². The molecule has 37 heteroatoms. The van der Waals surface area contributed by atoms with E-state index in [-0.39, 0.29) is 91.2 Å². The largest absolute Gasteiger partial charge is 0.462 e. The predicted molar refractivity (Wildman–Crippen MR) is 267 cm³/mol. The highest BCUT2D eigenvalue weighted by molar-refractivity contribution is 7.99. The molecule has 78 heavy (non-hydrogen) atoms. The molecule has 0 bridgehead atoms. The van der Waals surface area contributed by atoms with Crippen LogP contribution in [0.2, 0.25) is 15.1 Å². The number of amides is 3. The van der Waals surface area contributed by atoms with E-state index in [1.54, 1.807) is 0 Å². The van der Waals surface area contributed by atoms with Gasteiger partial charge in [0.15, 0.2) is 32.2 Å². The number of aromatic nitrogens is 10. The number of nitrogens with zero attached hydrogens (tertiary/aromatic N) is 11. The van der Waals surface area contributed by atoms with Crippen molar-refractivity contribution in [3.05, 3.63) is 119 Å². The van der Waals surface area contributed by atoms with Gasteiger partial charge >= 0.3 is 35.2 Å². The van der Waals surface area contributed by atoms with Crippen molar-refractivity contribution in [3.63, 3.8) is 0 Å². The molecule has 0 aliphatic carbocycles. The van der Waals surface area contributed by atoms with E-state index in [0.29, 0.717) is 33.7 Å². The molecule has 7 N–H and O–H groups in total. The molecule has 410 valence electrons. The maximum absolute atomic E-state index is 13.4. The van der Waals surface area contributed by atoms with Crippen molar-refractivity contribution in [2.75, 3.05) is 44.0 Å². The Morgan fingerprint density at radius 3 is 1.60 bits per heavy atom. The first kappa shape index (κ1) is 59.2. The number of thioether (sulfide) groups is 3. The topological polar surface area (TPSA) is 399 Å². The second-order valence-electron chi connectivity index (χ2n) is 14.3. The van der Waals surface area contributed by atoms with Crippen molar-refractivity contribution in [2.45, 2.75) is 21.5 Å². The fraction of sp³-hybridized carbons (Fsp3) is 0.195. The molecule has 28 nitrogen and oxygen atoms in total. The van der Waals surface area contributed by atoms with Crippen LogP contribution in [0.15, 0.2) is 107 Å². The number of methoxy groups -OCH3 is 1. The third kappa shape index (κ3) is 15.3. The number of carbonyl (C=O) groups is 4. The maximum atomic E-state index is 13.4. The standard InChI is InChI=1S/C15H11ClFN5O6S.C14H13ClFN5O4S.C12H9ClFN5O3S/c1-26-14(24)12(23)18-4-5-29-13-10(19-28-21-13)11-20-27-15(25)22(11)7-2-3-9(17)8(16)6-7;15-8-5-7(1-2-9(8)16)6-10(19-24)11-14(21-25-20-11)26-4-3-18-13(23)12(17)22;13-7-5-6(1-2-8(7)14)19-10(17-21-12(19)20)9-11(18-22-16-9)23-4-3-15/h2-3,6H,4-5H2,1H3,(H,18,23);1-2,5,24H,3-4,6H2,(H2,17,22)(H,18,23);1-2,5H,3-4,15H2. The first-order valence-electron chi connectivity index (χ1n) is 21.2. The van der Waals surface area contributed by atoms with Crippen molar-refractivity contribution in [3.8, 4) is 34.4 Å². The molecular formula is C41H33Cl3F3N15O13S3. The molecule has 8 rings (SSSR count). The number of nitrogens with two attached hydrogens (primary N) is 2. The van der Waals surface area contributed by atoms with Crippen LogP contribution in [0.4, 0.5) is 13.2 Å². The van der Waals surface area contributed by atoms with Crippen molar-refractivity contribution < 1.29 is 65.2 Å². The number of ether oxygens (including phenoxy) is 1. The molecular weight excluding hydrogens is 1170 g/mol. The molecule has 0 unspecified atom stereocenters. The normalized spacial score (nSPS) is 11.1. The Bertz CT molecular complexity index is 3570. The van der Waals surface area contributed by atoms with E-state index in [0.717, 1.165) is 51.9 Å². The van der Waals surface area contributed by atoms with Crippen LogP contribution in [0.3, 0.4) is 0 Å². The second-order valence-corrected chi connectivity index (χ2v) is 18.8. The highest BCUT2D eigenvalue weighted by atomic mass is 35.5. The number of hydrogen-bond donors (Lipinski definition) is 5. The summed E-state index contributed by atoms with van der Waals surface area (Å²) in [5.74, 6) is -6.10. The molecule has 0 atom stereocenters. The quantitative estimate of drug-likeness (QED) is 0.0155. The zero-order valence-corrected chi connectivity index (χ0v) is 43.8. The van der Waals surface area contributed by atoms with E-state index >= 15 is 0 Å². The van der Waals surface area contributed by atoms with E-state index in [1.165, 1.54) is 54.2 Å². The van der Waals surface area contributed by atoms with Crippen molar-refractivity contribution in [2.24, 2.45) is 16.6 Å². The van der Waals surface area contributed by atoms with E-state index in [1.807, 2.05) is 0 Å². The van der Waals surface area contributed by atoms with Gasteiger partial charge in [-0.2, -0.15) is 0 Å². The molecule has 3 aromatic carbocycles. The van der Waals surface area contributed by atoms with Crippen LogP contribution in [-0.2, 0) is 30.3 Å². The third-order valence-corrected chi connectivity index (χ3v) is 13.0. The number of carbonyl (C=O) groups excluding carboxylic acids is 4. The number of hydrogen-bond acceptors (Lipinski definition) is 26. The molecule has 0 aliphatic heterocycles. The van der Waals surface area contributed by atoms with Crippen LogP contribution in [0.1, 0.15) is 11.3 Å². The van der Waals surface area contributed by atoms with Gasteiger partial charge in [0, 0.05) is 43.3 Å². The molecule has 0 saturated carbocycles. The van der Waals surface area contributed by atoms with Crippen LogP contribution >= 0.6 is 70.1 Å². The van der Waals surface area contributed by atoms with Gasteiger partial charge in [-0.1, -0.05) is 91.6 Å². The zero-order valence-electron chi connectivity index (χ0n) is 39.1. The molecule has 3 amide bonds. The SMILES string of the molecule is COC(=O)C(=O)NCCSc1nonc1-c1noc(=O)n1-c1ccc(F)c(Cl)c1.NC(=O)C(=O)NCCSc1nonc1C(Cc1ccc(F)c(Cl)c1)=NO.NCCSc1nonc1-c1noc(=O)n1-c1ccc(F)c(Cl)c1. The summed E-state index contributed by atoms with van der Waals surface area (Å²) in [4.78, 5) is 68.1. The summed E-state index contributed by atoms with van der Waals surface area (Å²) in [6.45, 7) is 0.693.